The lowest BCUT2D eigenvalue weighted by molar-refractivity contribution is 0.102. The molecule has 0 aliphatic rings. The smallest absolute Gasteiger partial charge is 0.280 e. The molecule has 1 heterocycles. The van der Waals surface area contributed by atoms with E-state index in [0.29, 0.717) is 5.69 Å². The lowest BCUT2D eigenvalue weighted by atomic mass is 10.2. The van der Waals surface area contributed by atoms with Gasteiger partial charge in [-0.2, -0.15) is 4.68 Å². The number of carbonyl (C=O) groups is 1. The van der Waals surface area contributed by atoms with Crippen molar-refractivity contribution in [2.75, 3.05) is 11.1 Å². The second kappa shape index (κ2) is 5.92. The maximum absolute atomic E-state index is 12.3. The van der Waals surface area contributed by atoms with Crippen LogP contribution in [0.3, 0.4) is 0 Å². The summed E-state index contributed by atoms with van der Waals surface area (Å²) >= 11 is 0. The summed E-state index contributed by atoms with van der Waals surface area (Å²) in [5.41, 5.74) is 9.82. The Morgan fingerprint density at radius 3 is 2.17 bits per heavy atom. The van der Waals surface area contributed by atoms with E-state index in [-0.39, 0.29) is 17.4 Å². The maximum Gasteiger partial charge on any atom is 0.280 e. The van der Waals surface area contributed by atoms with Crippen LogP contribution in [0.4, 0.5) is 11.5 Å². The third kappa shape index (κ3) is 3.06. The fourth-order valence-corrected chi connectivity index (χ4v) is 2.15. The van der Waals surface area contributed by atoms with Crippen LogP contribution in [0, 0.1) is 13.8 Å². The molecule has 3 aromatic rings. The number of aromatic nitrogens is 3. The fraction of sp³-hybridized carbons (Fsp3) is 0.118. The first-order valence-corrected chi connectivity index (χ1v) is 7.21. The van der Waals surface area contributed by atoms with Gasteiger partial charge in [0.25, 0.3) is 5.91 Å². The van der Waals surface area contributed by atoms with Crippen molar-refractivity contribution in [3.05, 3.63) is 65.4 Å². The first-order valence-electron chi connectivity index (χ1n) is 7.21. The number of hydrogen-bond acceptors (Lipinski definition) is 4. The normalized spacial score (nSPS) is 10.5. The molecular formula is C17H17N5O. The van der Waals surface area contributed by atoms with Gasteiger partial charge >= 0.3 is 0 Å². The zero-order chi connectivity index (χ0) is 16.4. The Kier molecular flexibility index (Phi) is 3.80. The Morgan fingerprint density at radius 2 is 1.57 bits per heavy atom. The molecule has 6 heteroatoms. The summed E-state index contributed by atoms with van der Waals surface area (Å²) in [4.78, 5) is 12.3. The van der Waals surface area contributed by atoms with Crippen molar-refractivity contribution in [3.63, 3.8) is 0 Å². The van der Waals surface area contributed by atoms with Crippen molar-refractivity contribution in [3.8, 4) is 5.69 Å². The molecular weight excluding hydrogens is 290 g/mol. The Hall–Kier alpha value is -3.15. The summed E-state index contributed by atoms with van der Waals surface area (Å²) in [5, 5.41) is 10.6. The van der Waals surface area contributed by atoms with Crippen molar-refractivity contribution >= 4 is 17.4 Å². The van der Waals surface area contributed by atoms with E-state index in [0.717, 1.165) is 16.8 Å². The highest BCUT2D eigenvalue weighted by atomic mass is 16.2. The lowest BCUT2D eigenvalue weighted by Crippen LogP contribution is -2.15. The summed E-state index contributed by atoms with van der Waals surface area (Å²) < 4.78 is 1.45. The molecule has 116 valence electrons. The van der Waals surface area contributed by atoms with Gasteiger partial charge in [0.05, 0.1) is 5.69 Å². The van der Waals surface area contributed by atoms with Gasteiger partial charge in [-0.15, -0.1) is 5.10 Å². The van der Waals surface area contributed by atoms with Crippen molar-refractivity contribution in [1.82, 2.24) is 15.0 Å². The van der Waals surface area contributed by atoms with Gasteiger partial charge in [-0.1, -0.05) is 40.6 Å². The van der Waals surface area contributed by atoms with E-state index in [1.165, 1.54) is 4.68 Å². The van der Waals surface area contributed by atoms with Gasteiger partial charge in [0.1, 0.15) is 0 Å². The molecule has 1 aromatic heterocycles. The number of amides is 1. The highest BCUT2D eigenvalue weighted by Crippen LogP contribution is 2.17. The molecule has 0 saturated carbocycles. The highest BCUT2D eigenvalue weighted by molar-refractivity contribution is 6.05. The third-order valence-corrected chi connectivity index (χ3v) is 3.51. The van der Waals surface area contributed by atoms with E-state index < -0.39 is 0 Å². The molecule has 0 atom stereocenters. The molecule has 0 bridgehead atoms. The number of anilines is 2. The number of rotatable bonds is 3. The van der Waals surface area contributed by atoms with Crippen LogP contribution in [0.15, 0.2) is 48.5 Å². The number of nitrogens with one attached hydrogen (secondary N) is 1. The van der Waals surface area contributed by atoms with Crippen molar-refractivity contribution in [2.45, 2.75) is 13.8 Å². The number of benzene rings is 2. The maximum atomic E-state index is 12.3. The van der Waals surface area contributed by atoms with Crippen LogP contribution in [0.2, 0.25) is 0 Å². The number of nitrogen functional groups attached to an aromatic ring is 1. The first kappa shape index (κ1) is 14.8. The van der Waals surface area contributed by atoms with Crippen LogP contribution in [0.1, 0.15) is 21.6 Å². The summed E-state index contributed by atoms with van der Waals surface area (Å²) in [6, 6.07) is 15.1. The molecule has 3 N–H and O–H groups in total. The minimum absolute atomic E-state index is 0.103. The second-order valence-corrected chi connectivity index (χ2v) is 5.39. The fourth-order valence-electron chi connectivity index (χ4n) is 2.15. The number of nitrogens with two attached hydrogens (primary N) is 1. The Balaban J connectivity index is 1.85. The number of carbonyl (C=O) groups excluding carboxylic acids is 1. The lowest BCUT2D eigenvalue weighted by Gasteiger charge is -2.05. The van der Waals surface area contributed by atoms with E-state index in [2.05, 4.69) is 15.6 Å². The topological polar surface area (TPSA) is 85.8 Å². The van der Waals surface area contributed by atoms with E-state index in [9.17, 15) is 4.79 Å². The zero-order valence-corrected chi connectivity index (χ0v) is 12.9. The van der Waals surface area contributed by atoms with Gasteiger partial charge in [0.2, 0.25) is 0 Å². The minimum Gasteiger partial charge on any atom is -0.382 e. The van der Waals surface area contributed by atoms with Crippen LogP contribution in [-0.2, 0) is 0 Å². The van der Waals surface area contributed by atoms with Crippen LogP contribution < -0.4 is 11.1 Å². The molecule has 0 radical (unpaired) electrons. The first-order chi connectivity index (χ1) is 11.0. The second-order valence-electron chi connectivity index (χ2n) is 5.39. The zero-order valence-electron chi connectivity index (χ0n) is 12.9. The monoisotopic (exact) mass is 307 g/mol. The molecule has 23 heavy (non-hydrogen) atoms. The Labute approximate surface area is 133 Å². The van der Waals surface area contributed by atoms with Crippen molar-refractivity contribution in [2.24, 2.45) is 0 Å². The molecule has 6 nitrogen and oxygen atoms in total. The summed E-state index contributed by atoms with van der Waals surface area (Å²) in [7, 11) is 0. The van der Waals surface area contributed by atoms with Gasteiger partial charge in [-0.25, -0.2) is 0 Å². The van der Waals surface area contributed by atoms with E-state index >= 15 is 0 Å². The average Bonchev–Trinajstić information content (AvgIpc) is 2.92. The summed E-state index contributed by atoms with van der Waals surface area (Å²) in [5.74, 6) is -0.178. The van der Waals surface area contributed by atoms with E-state index in [1.54, 1.807) is 0 Å². The van der Waals surface area contributed by atoms with E-state index in [4.69, 9.17) is 5.73 Å². The standard InChI is InChI=1S/C17H17N5O/c1-11-3-7-13(8-4-11)19-17(23)15-16(18)22(21-20-15)14-9-5-12(2)6-10-14/h3-10H,18H2,1-2H3,(H,19,23). The number of hydrogen-bond donors (Lipinski definition) is 2. The van der Waals surface area contributed by atoms with Crippen LogP contribution >= 0.6 is 0 Å². The molecule has 0 spiro atoms. The van der Waals surface area contributed by atoms with E-state index in [1.807, 2.05) is 62.4 Å². The van der Waals surface area contributed by atoms with Gasteiger partial charge in [-0.05, 0) is 38.1 Å². The predicted molar refractivity (Wildman–Crippen MR) is 89.6 cm³/mol. The molecule has 0 aliphatic heterocycles. The Morgan fingerprint density at radius 1 is 1.00 bits per heavy atom. The average molecular weight is 307 g/mol. The Bertz CT molecular complexity index is 834. The van der Waals surface area contributed by atoms with Gasteiger partial charge in [0.15, 0.2) is 11.5 Å². The molecule has 3 rings (SSSR count). The summed E-state index contributed by atoms with van der Waals surface area (Å²) in [6.07, 6.45) is 0. The SMILES string of the molecule is Cc1ccc(NC(=O)c2nnn(-c3ccc(C)cc3)c2N)cc1. The van der Waals surface area contributed by atoms with Crippen LogP contribution in [0.5, 0.6) is 0 Å². The summed E-state index contributed by atoms with van der Waals surface area (Å²) in [6.45, 7) is 3.98. The van der Waals surface area contributed by atoms with Crippen LogP contribution in [0.25, 0.3) is 5.69 Å². The molecule has 0 saturated heterocycles. The molecule has 0 aliphatic carbocycles. The van der Waals surface area contributed by atoms with Crippen LogP contribution in [-0.4, -0.2) is 20.9 Å². The third-order valence-electron chi connectivity index (χ3n) is 3.51. The molecule has 0 fully saturated rings. The van der Waals surface area contributed by atoms with Gasteiger partial charge in [-0.3, -0.25) is 4.79 Å². The molecule has 0 unspecified atom stereocenters. The minimum atomic E-state index is -0.385. The largest absolute Gasteiger partial charge is 0.382 e. The molecule has 1 amide bonds. The van der Waals surface area contributed by atoms with Gasteiger partial charge in [0, 0.05) is 5.69 Å². The van der Waals surface area contributed by atoms with Crippen molar-refractivity contribution < 1.29 is 4.79 Å². The number of aryl methyl sites for hydroxylation is 2. The van der Waals surface area contributed by atoms with Gasteiger partial charge < -0.3 is 11.1 Å². The van der Waals surface area contributed by atoms with Crippen molar-refractivity contribution in [1.29, 1.82) is 0 Å². The number of nitrogens with zero attached hydrogens (tertiary/aromatic N) is 3. The molecule has 2 aromatic carbocycles. The predicted octanol–water partition coefficient (Wildman–Crippen LogP) is 2.72. The highest BCUT2D eigenvalue weighted by Gasteiger charge is 2.18. The quantitative estimate of drug-likeness (QED) is 0.779.